The lowest BCUT2D eigenvalue weighted by molar-refractivity contribution is 0.414. The molecule has 0 atom stereocenters. The number of hydrogen-bond acceptors (Lipinski definition) is 5. The predicted octanol–water partition coefficient (Wildman–Crippen LogP) is 3.83. The molecule has 0 saturated heterocycles. The van der Waals surface area contributed by atoms with Crippen LogP contribution < -0.4 is 20.7 Å². The van der Waals surface area contributed by atoms with Crippen molar-refractivity contribution < 1.29 is 9.47 Å². The van der Waals surface area contributed by atoms with Crippen molar-refractivity contribution in [3.8, 4) is 17.2 Å². The highest BCUT2D eigenvalue weighted by Crippen LogP contribution is 2.34. The van der Waals surface area contributed by atoms with Gasteiger partial charge in [0.25, 0.3) is 5.56 Å². The van der Waals surface area contributed by atoms with E-state index in [0.717, 1.165) is 31.1 Å². The van der Waals surface area contributed by atoms with Gasteiger partial charge in [-0.3, -0.25) is 14.3 Å². The smallest absolute Gasteiger partial charge is 0.336 e. The summed E-state index contributed by atoms with van der Waals surface area (Å²) in [6.07, 6.45) is 5.48. The Morgan fingerprint density at radius 2 is 1.74 bits per heavy atom. The number of hydrogen-bond donors (Lipinski definition) is 0. The van der Waals surface area contributed by atoms with Gasteiger partial charge in [0.15, 0.2) is 0 Å². The van der Waals surface area contributed by atoms with Gasteiger partial charge in [-0.25, -0.2) is 9.36 Å². The molecule has 1 fully saturated rings. The molecule has 1 aliphatic rings. The van der Waals surface area contributed by atoms with Crippen LogP contribution in [0, 0.1) is 0 Å². The van der Waals surface area contributed by atoms with Crippen molar-refractivity contribution in [1.29, 1.82) is 0 Å². The number of nitrogens with zero attached hydrogens (tertiary/aromatic N) is 3. The molecule has 31 heavy (non-hydrogen) atoms. The van der Waals surface area contributed by atoms with Crippen LogP contribution in [0.3, 0.4) is 0 Å². The zero-order valence-corrected chi connectivity index (χ0v) is 17.5. The maximum Gasteiger partial charge on any atom is 0.336 e. The summed E-state index contributed by atoms with van der Waals surface area (Å²) >= 11 is 0. The van der Waals surface area contributed by atoms with E-state index in [-0.39, 0.29) is 17.3 Å². The second-order valence-electron chi connectivity index (χ2n) is 7.81. The van der Waals surface area contributed by atoms with Crippen LogP contribution in [0.25, 0.3) is 27.5 Å². The predicted molar refractivity (Wildman–Crippen MR) is 120 cm³/mol. The normalized spacial score (nSPS) is 14.4. The van der Waals surface area contributed by atoms with Gasteiger partial charge in [0.1, 0.15) is 17.0 Å². The Bertz CT molecular complexity index is 1410. The van der Waals surface area contributed by atoms with Gasteiger partial charge in [-0.1, -0.05) is 31.0 Å². The molecule has 7 heteroatoms. The van der Waals surface area contributed by atoms with Gasteiger partial charge < -0.3 is 9.47 Å². The minimum atomic E-state index is -0.389. The molecule has 0 aliphatic heterocycles. The van der Waals surface area contributed by atoms with Crippen molar-refractivity contribution in [2.75, 3.05) is 14.2 Å². The number of benzene rings is 2. The molecule has 2 aromatic heterocycles. The first kappa shape index (κ1) is 19.4. The minimum Gasteiger partial charge on any atom is -0.497 e. The topological polar surface area (TPSA) is 75.4 Å². The molecule has 0 N–H and O–H groups in total. The van der Waals surface area contributed by atoms with Crippen molar-refractivity contribution in [2.24, 2.45) is 0 Å². The summed E-state index contributed by atoms with van der Waals surface area (Å²) in [5, 5.41) is 1.16. The first-order chi connectivity index (χ1) is 15.1. The van der Waals surface area contributed by atoms with Gasteiger partial charge in [-0.15, -0.1) is 0 Å². The van der Waals surface area contributed by atoms with E-state index in [1.807, 2.05) is 18.2 Å². The molecule has 4 aromatic rings. The van der Waals surface area contributed by atoms with Crippen molar-refractivity contribution in [1.82, 2.24) is 14.1 Å². The Kier molecular flexibility index (Phi) is 4.73. The molecule has 1 aliphatic carbocycles. The molecular formula is C24H23N3O4. The lowest BCUT2D eigenvalue weighted by atomic mass is 10.1. The molecule has 2 aromatic carbocycles. The molecule has 0 amide bonds. The molecule has 0 spiro atoms. The number of para-hydroxylation sites is 1. The zero-order chi connectivity index (χ0) is 21.5. The molecule has 1 saturated carbocycles. The fraction of sp³-hybridized carbons (Fsp3) is 0.292. The fourth-order valence-corrected chi connectivity index (χ4v) is 4.65. The Morgan fingerprint density at radius 1 is 0.968 bits per heavy atom. The summed E-state index contributed by atoms with van der Waals surface area (Å²) in [5.74, 6) is 1.19. The Hall–Kier alpha value is -3.61. The minimum absolute atomic E-state index is 0.0317. The summed E-state index contributed by atoms with van der Waals surface area (Å²) in [6, 6.07) is 12.6. The van der Waals surface area contributed by atoms with E-state index < -0.39 is 0 Å². The summed E-state index contributed by atoms with van der Waals surface area (Å²) < 4.78 is 13.8. The number of rotatable bonds is 4. The average Bonchev–Trinajstić information content (AvgIpc) is 3.33. The molecule has 5 rings (SSSR count). The van der Waals surface area contributed by atoms with Gasteiger partial charge in [0.05, 0.1) is 30.8 Å². The summed E-state index contributed by atoms with van der Waals surface area (Å²) in [6.45, 7) is 0. The van der Waals surface area contributed by atoms with Crippen LogP contribution in [0.1, 0.15) is 31.7 Å². The zero-order valence-electron chi connectivity index (χ0n) is 17.5. The number of ether oxygens (including phenoxy) is 2. The fourth-order valence-electron chi connectivity index (χ4n) is 4.65. The monoisotopic (exact) mass is 417 g/mol. The molecule has 0 unspecified atom stereocenters. The third kappa shape index (κ3) is 3.00. The Labute approximate surface area is 178 Å². The maximum absolute atomic E-state index is 13.8. The highest BCUT2D eigenvalue weighted by atomic mass is 16.5. The van der Waals surface area contributed by atoms with Crippen LogP contribution in [-0.4, -0.2) is 28.3 Å². The van der Waals surface area contributed by atoms with Crippen molar-refractivity contribution in [2.45, 2.75) is 31.7 Å². The van der Waals surface area contributed by atoms with Crippen LogP contribution >= 0.6 is 0 Å². The SMILES string of the molecule is COc1cccc(-n2c(=O)c3cnc4c(OC)cccc4c3n(C3CCCC3)c2=O)c1. The summed E-state index contributed by atoms with van der Waals surface area (Å²) in [4.78, 5) is 31.9. The van der Waals surface area contributed by atoms with Gasteiger partial charge in [0.2, 0.25) is 0 Å². The Morgan fingerprint density at radius 3 is 2.48 bits per heavy atom. The van der Waals surface area contributed by atoms with Crippen LogP contribution in [0.15, 0.2) is 58.3 Å². The van der Waals surface area contributed by atoms with Crippen LogP contribution in [0.4, 0.5) is 0 Å². The first-order valence-electron chi connectivity index (χ1n) is 10.4. The number of fused-ring (bicyclic) bond motifs is 3. The standard InChI is InChI=1S/C24H23N3O4/c1-30-17-10-5-9-16(13-17)27-23(28)19-14-25-21-18(11-6-12-20(21)31-2)22(19)26(24(27)29)15-7-3-4-8-15/h5-6,9-15H,3-4,7-8H2,1-2H3. The molecule has 7 nitrogen and oxygen atoms in total. The third-order valence-corrected chi connectivity index (χ3v) is 6.13. The molecular weight excluding hydrogens is 394 g/mol. The molecule has 158 valence electrons. The van der Waals surface area contributed by atoms with Crippen LogP contribution in [-0.2, 0) is 0 Å². The average molecular weight is 417 g/mol. The van der Waals surface area contributed by atoms with Crippen LogP contribution in [0.5, 0.6) is 11.5 Å². The number of methoxy groups -OCH3 is 2. The lowest BCUT2D eigenvalue weighted by Gasteiger charge is -2.20. The van der Waals surface area contributed by atoms with E-state index in [1.165, 1.54) is 4.57 Å². The van der Waals surface area contributed by atoms with Gasteiger partial charge >= 0.3 is 5.69 Å². The second kappa shape index (κ2) is 7.58. The summed E-state index contributed by atoms with van der Waals surface area (Å²) in [5.41, 5.74) is 1.02. The van der Waals surface area contributed by atoms with Gasteiger partial charge in [-0.05, 0) is 31.0 Å². The second-order valence-corrected chi connectivity index (χ2v) is 7.81. The van der Waals surface area contributed by atoms with E-state index in [9.17, 15) is 9.59 Å². The highest BCUT2D eigenvalue weighted by Gasteiger charge is 2.25. The van der Waals surface area contributed by atoms with Crippen molar-refractivity contribution >= 4 is 21.8 Å². The molecule has 0 bridgehead atoms. The van der Waals surface area contributed by atoms with E-state index in [4.69, 9.17) is 9.47 Å². The van der Waals surface area contributed by atoms with Crippen LogP contribution in [0.2, 0.25) is 0 Å². The quantitative estimate of drug-likeness (QED) is 0.472. The van der Waals surface area contributed by atoms with Crippen molar-refractivity contribution in [3.05, 3.63) is 69.5 Å². The van der Waals surface area contributed by atoms with Gasteiger partial charge in [0, 0.05) is 23.7 Å². The number of pyridine rings is 1. The van der Waals surface area contributed by atoms with E-state index in [1.54, 1.807) is 49.2 Å². The largest absolute Gasteiger partial charge is 0.497 e. The maximum atomic E-state index is 13.8. The van der Waals surface area contributed by atoms with E-state index in [2.05, 4.69) is 4.98 Å². The van der Waals surface area contributed by atoms with E-state index >= 15 is 0 Å². The lowest BCUT2D eigenvalue weighted by Crippen LogP contribution is -2.40. The highest BCUT2D eigenvalue weighted by molar-refractivity contribution is 6.05. The third-order valence-electron chi connectivity index (χ3n) is 6.13. The van der Waals surface area contributed by atoms with Gasteiger partial charge in [-0.2, -0.15) is 0 Å². The van der Waals surface area contributed by atoms with E-state index in [0.29, 0.717) is 33.6 Å². The Balaban J connectivity index is 1.95. The molecule has 2 heterocycles. The van der Waals surface area contributed by atoms with Crippen molar-refractivity contribution in [3.63, 3.8) is 0 Å². The molecule has 0 radical (unpaired) electrons. The first-order valence-corrected chi connectivity index (χ1v) is 10.4. The number of aromatic nitrogens is 3. The summed E-state index contributed by atoms with van der Waals surface area (Å²) in [7, 11) is 3.15.